The summed E-state index contributed by atoms with van der Waals surface area (Å²) < 4.78 is 1.38. The number of imidazole rings is 1. The van der Waals surface area contributed by atoms with Gasteiger partial charge in [-0.05, 0) is 31.9 Å². The average molecular weight is 411 g/mol. The molecule has 148 valence electrons. The van der Waals surface area contributed by atoms with Gasteiger partial charge in [0.15, 0.2) is 5.15 Å². The number of carbonyl (C=O) groups is 1. The van der Waals surface area contributed by atoms with E-state index in [1.54, 1.807) is 18.2 Å². The van der Waals surface area contributed by atoms with Crippen molar-refractivity contribution in [3.8, 4) is 0 Å². The molecule has 29 heavy (non-hydrogen) atoms. The van der Waals surface area contributed by atoms with E-state index in [9.17, 15) is 4.79 Å². The summed E-state index contributed by atoms with van der Waals surface area (Å²) in [5.41, 5.74) is 1.58. The lowest BCUT2D eigenvalue weighted by Crippen LogP contribution is -2.28. The molecule has 4 heterocycles. The zero-order valence-electron chi connectivity index (χ0n) is 15.8. The fourth-order valence-electron chi connectivity index (χ4n) is 3.33. The molecule has 3 aromatic heterocycles. The summed E-state index contributed by atoms with van der Waals surface area (Å²) in [6.45, 7) is 11.4. The molecule has 1 aliphatic rings. The van der Waals surface area contributed by atoms with Crippen molar-refractivity contribution < 1.29 is 4.79 Å². The fourth-order valence-corrected chi connectivity index (χ4v) is 3.51. The quantitative estimate of drug-likeness (QED) is 0.622. The van der Waals surface area contributed by atoms with Crippen LogP contribution in [0.25, 0.3) is 10.5 Å². The number of carbonyl (C=O) groups excluding carboxylic acids is 1. The fraction of sp³-hybridized carbons (Fsp3) is 0.316. The Kier molecular flexibility index (Phi) is 5.18. The van der Waals surface area contributed by atoms with Crippen molar-refractivity contribution in [2.24, 2.45) is 0 Å². The molecule has 4 rings (SSSR count). The molecule has 0 aromatic carbocycles. The molecule has 1 amide bonds. The molecular weight excluding hydrogens is 392 g/mol. The maximum Gasteiger partial charge on any atom is 0.275 e. The number of nitrogens with one attached hydrogen (secondary N) is 2. The first kappa shape index (κ1) is 19.0. The van der Waals surface area contributed by atoms with Crippen molar-refractivity contribution in [3.05, 3.63) is 46.5 Å². The van der Waals surface area contributed by atoms with Crippen LogP contribution in [0.1, 0.15) is 30.1 Å². The Labute approximate surface area is 172 Å². The van der Waals surface area contributed by atoms with Crippen LogP contribution < -0.4 is 10.6 Å². The lowest BCUT2D eigenvalue weighted by molar-refractivity contribution is 0.0793. The lowest BCUT2D eigenvalue weighted by atomic mass is 10.2. The molecule has 0 radical (unpaired) electrons. The van der Waals surface area contributed by atoms with Crippen molar-refractivity contribution >= 4 is 46.3 Å². The number of hydrogen-bond acceptors (Lipinski definition) is 6. The van der Waals surface area contributed by atoms with Gasteiger partial charge in [-0.25, -0.2) is 9.97 Å². The van der Waals surface area contributed by atoms with Crippen molar-refractivity contribution in [1.29, 1.82) is 0 Å². The Morgan fingerprint density at radius 3 is 2.86 bits per heavy atom. The number of rotatable bonds is 5. The molecule has 0 aliphatic carbocycles. The van der Waals surface area contributed by atoms with Gasteiger partial charge in [-0.15, -0.1) is 4.52 Å². The van der Waals surface area contributed by atoms with Crippen molar-refractivity contribution in [2.45, 2.75) is 19.8 Å². The number of aromatic nitrogens is 4. The van der Waals surface area contributed by atoms with Gasteiger partial charge in [-0.2, -0.15) is 0 Å². The molecule has 0 bridgehead atoms. The van der Waals surface area contributed by atoms with Crippen molar-refractivity contribution in [1.82, 2.24) is 24.5 Å². The first-order valence-corrected chi connectivity index (χ1v) is 9.71. The number of pyridine rings is 1. The summed E-state index contributed by atoms with van der Waals surface area (Å²) in [5, 5.41) is 10.7. The minimum atomic E-state index is -0.0122. The number of amides is 1. The third-order valence-electron chi connectivity index (χ3n) is 4.66. The molecule has 1 saturated heterocycles. The summed E-state index contributed by atoms with van der Waals surface area (Å²) in [4.78, 5) is 26.9. The number of likely N-dealkylation sites (tertiary alicyclic amines) is 1. The van der Waals surface area contributed by atoms with Gasteiger partial charge in [0.1, 0.15) is 17.3 Å². The first-order chi connectivity index (χ1) is 14.1. The Morgan fingerprint density at radius 2 is 2.14 bits per heavy atom. The van der Waals surface area contributed by atoms with E-state index in [-0.39, 0.29) is 16.9 Å². The molecular formula is C19H19ClN8O. The Bertz CT molecular complexity index is 1110. The lowest BCUT2D eigenvalue weighted by Gasteiger charge is -2.18. The average Bonchev–Trinajstić information content (AvgIpc) is 3.38. The number of fused-ring (bicyclic) bond motifs is 1. The normalized spacial score (nSPS) is 13.5. The number of anilines is 3. The van der Waals surface area contributed by atoms with Gasteiger partial charge in [-0.3, -0.25) is 4.79 Å². The Balaban J connectivity index is 1.68. The maximum atomic E-state index is 12.8. The zero-order valence-corrected chi connectivity index (χ0v) is 16.6. The molecule has 0 unspecified atom stereocenters. The minimum Gasteiger partial charge on any atom is -0.370 e. The summed E-state index contributed by atoms with van der Waals surface area (Å²) in [6.07, 6.45) is 3.50. The molecule has 0 spiro atoms. The summed E-state index contributed by atoms with van der Waals surface area (Å²) in [5.74, 6) is 1.30. The van der Waals surface area contributed by atoms with Crippen LogP contribution in [-0.2, 0) is 0 Å². The Morgan fingerprint density at radius 1 is 1.34 bits per heavy atom. The van der Waals surface area contributed by atoms with Crippen LogP contribution >= 0.6 is 11.6 Å². The summed E-state index contributed by atoms with van der Waals surface area (Å²) >= 11 is 6.11. The minimum absolute atomic E-state index is 0.0122. The second-order valence-electron chi connectivity index (χ2n) is 6.59. The van der Waals surface area contributed by atoms with Crippen LogP contribution in [0.3, 0.4) is 0 Å². The van der Waals surface area contributed by atoms with E-state index in [0.717, 1.165) is 25.9 Å². The van der Waals surface area contributed by atoms with Crippen LogP contribution in [0.4, 0.5) is 23.1 Å². The van der Waals surface area contributed by atoms with Gasteiger partial charge in [0.2, 0.25) is 0 Å². The predicted octanol–water partition coefficient (Wildman–Crippen LogP) is 3.74. The van der Waals surface area contributed by atoms with Crippen LogP contribution in [-0.4, -0.2) is 50.0 Å². The number of hydrogen-bond donors (Lipinski definition) is 2. The second-order valence-corrected chi connectivity index (χ2v) is 6.98. The molecule has 2 N–H and O–H groups in total. The number of nitrogens with zero attached hydrogens (tertiary/aromatic N) is 6. The van der Waals surface area contributed by atoms with E-state index in [1.165, 1.54) is 10.7 Å². The number of halogens is 1. The largest absolute Gasteiger partial charge is 0.370 e. The van der Waals surface area contributed by atoms with Crippen LogP contribution in [0.15, 0.2) is 24.4 Å². The molecule has 3 aromatic rings. The third-order valence-corrected chi connectivity index (χ3v) is 4.84. The van der Waals surface area contributed by atoms with Gasteiger partial charge in [0.05, 0.1) is 11.8 Å². The van der Waals surface area contributed by atoms with E-state index in [2.05, 4.69) is 30.5 Å². The molecule has 1 fully saturated rings. The smallest absolute Gasteiger partial charge is 0.275 e. The second kappa shape index (κ2) is 7.93. The maximum absolute atomic E-state index is 12.8. The van der Waals surface area contributed by atoms with Gasteiger partial charge in [-0.1, -0.05) is 23.3 Å². The van der Waals surface area contributed by atoms with Gasteiger partial charge >= 0.3 is 0 Å². The first-order valence-electron chi connectivity index (χ1n) is 9.33. The van der Waals surface area contributed by atoms with E-state index in [1.807, 2.05) is 11.8 Å². The van der Waals surface area contributed by atoms with Crippen LogP contribution in [0.2, 0.25) is 5.15 Å². The highest BCUT2D eigenvalue weighted by atomic mass is 35.5. The van der Waals surface area contributed by atoms with Gasteiger partial charge in [0, 0.05) is 25.7 Å². The van der Waals surface area contributed by atoms with Gasteiger partial charge in [0.25, 0.3) is 17.4 Å². The summed E-state index contributed by atoms with van der Waals surface area (Å²) in [7, 11) is 0. The highest BCUT2D eigenvalue weighted by molar-refractivity contribution is 6.29. The Hall–Kier alpha value is -3.38. The monoisotopic (exact) mass is 410 g/mol. The zero-order chi connectivity index (χ0) is 20.4. The van der Waals surface area contributed by atoms with Crippen LogP contribution in [0, 0.1) is 6.57 Å². The summed E-state index contributed by atoms with van der Waals surface area (Å²) in [6, 6.07) is 5.13. The van der Waals surface area contributed by atoms with Crippen LogP contribution in [0.5, 0.6) is 0 Å². The van der Waals surface area contributed by atoms with Crippen molar-refractivity contribution in [3.63, 3.8) is 0 Å². The molecule has 0 atom stereocenters. The van der Waals surface area contributed by atoms with E-state index >= 15 is 0 Å². The molecule has 1 aliphatic heterocycles. The predicted molar refractivity (Wildman–Crippen MR) is 111 cm³/mol. The molecule has 0 saturated carbocycles. The highest BCUT2D eigenvalue weighted by Gasteiger charge is 2.23. The standard InChI is InChI=1S/C19H19ClN8O/c1-3-22-17-12(19(29)27-8-4-5-9-27)6-7-15(25-17)24-13-10-14(20)26-28-16(21-2)11-23-18(13)28/h6-7,10-11H,3-5,8-9H2,1H3,(H2,22,24,25). The molecule has 10 heteroatoms. The molecule has 9 nitrogen and oxygen atoms in total. The van der Waals surface area contributed by atoms with E-state index in [0.29, 0.717) is 35.1 Å². The highest BCUT2D eigenvalue weighted by Crippen LogP contribution is 2.27. The SMILES string of the molecule is [C-]#[N+]c1cnc2c(Nc3ccc(C(=O)N4CCCC4)c(NCC)n3)cc(Cl)nn12. The van der Waals surface area contributed by atoms with Gasteiger partial charge < -0.3 is 20.4 Å². The topological polar surface area (TPSA) is 91.8 Å². The van der Waals surface area contributed by atoms with Crippen molar-refractivity contribution in [2.75, 3.05) is 30.3 Å². The van der Waals surface area contributed by atoms with E-state index < -0.39 is 0 Å². The third kappa shape index (κ3) is 3.67. The van der Waals surface area contributed by atoms with E-state index in [4.69, 9.17) is 18.2 Å².